The van der Waals surface area contributed by atoms with Crippen molar-refractivity contribution in [2.75, 3.05) is 0 Å². The molecule has 0 fully saturated rings. The molecule has 0 radical (unpaired) electrons. The van der Waals surface area contributed by atoms with Gasteiger partial charge in [0.1, 0.15) is 0 Å². The lowest BCUT2D eigenvalue weighted by Crippen LogP contribution is -2.29. The van der Waals surface area contributed by atoms with Crippen molar-refractivity contribution in [2.45, 2.75) is 39.7 Å². The molecule has 2 atom stereocenters. The maximum Gasteiger partial charge on any atom is 0.303 e. The van der Waals surface area contributed by atoms with Crippen molar-refractivity contribution in [3.05, 3.63) is 0 Å². The van der Waals surface area contributed by atoms with Crippen LogP contribution in [0.3, 0.4) is 0 Å². The van der Waals surface area contributed by atoms with E-state index in [9.17, 15) is 4.79 Å². The number of carboxylic acids is 1. The van der Waals surface area contributed by atoms with Gasteiger partial charge in [0.15, 0.2) is 0 Å². The van der Waals surface area contributed by atoms with E-state index < -0.39 is 5.97 Å². The fourth-order valence-electron chi connectivity index (χ4n) is 1.12. The summed E-state index contributed by atoms with van der Waals surface area (Å²) in [4.78, 5) is 10.3. The minimum absolute atomic E-state index is 0.124. The molecule has 0 saturated carbocycles. The molecule has 0 bridgehead atoms. The lowest BCUT2D eigenvalue weighted by molar-refractivity contribution is -0.138. The van der Waals surface area contributed by atoms with Gasteiger partial charge in [-0.15, -0.1) is 0 Å². The monoisotopic (exact) mass is 173 g/mol. The Kier molecular flexibility index (Phi) is 4.90. The first kappa shape index (κ1) is 11.4. The third-order valence-corrected chi connectivity index (χ3v) is 2.05. The van der Waals surface area contributed by atoms with Gasteiger partial charge in [-0.3, -0.25) is 4.79 Å². The molecule has 0 aromatic rings. The van der Waals surface area contributed by atoms with Gasteiger partial charge >= 0.3 is 5.97 Å². The van der Waals surface area contributed by atoms with Crippen LogP contribution in [0.5, 0.6) is 0 Å². The summed E-state index contributed by atoms with van der Waals surface area (Å²) in [5.74, 6) is -0.125. The van der Waals surface area contributed by atoms with Gasteiger partial charge in [0, 0.05) is 12.5 Å². The Morgan fingerprint density at radius 3 is 2.25 bits per heavy atom. The van der Waals surface area contributed by atoms with Gasteiger partial charge in [-0.1, -0.05) is 20.8 Å². The summed E-state index contributed by atoms with van der Waals surface area (Å²) < 4.78 is 0. The zero-order valence-electron chi connectivity index (χ0n) is 8.08. The van der Waals surface area contributed by atoms with E-state index in [0.29, 0.717) is 5.92 Å². The van der Waals surface area contributed by atoms with Gasteiger partial charge in [0.05, 0.1) is 0 Å². The fraction of sp³-hybridized carbons (Fsp3) is 0.889. The lowest BCUT2D eigenvalue weighted by Gasteiger charge is -2.18. The minimum atomic E-state index is -0.738. The summed E-state index contributed by atoms with van der Waals surface area (Å²) in [5.41, 5.74) is 5.80. The van der Waals surface area contributed by atoms with E-state index in [4.69, 9.17) is 10.8 Å². The van der Waals surface area contributed by atoms with Crippen LogP contribution >= 0.6 is 0 Å². The highest BCUT2D eigenvalue weighted by Crippen LogP contribution is 2.13. The topological polar surface area (TPSA) is 63.3 Å². The molecule has 0 spiro atoms. The van der Waals surface area contributed by atoms with Gasteiger partial charge in [-0.25, -0.2) is 0 Å². The van der Waals surface area contributed by atoms with Crippen molar-refractivity contribution >= 4 is 5.97 Å². The SMILES string of the molecule is CC(C)[C@H](N)C[C@H](C)CC(=O)O. The summed E-state index contributed by atoms with van der Waals surface area (Å²) in [6.07, 6.45) is 1.02. The first-order chi connectivity index (χ1) is 5.43. The number of hydrogen-bond donors (Lipinski definition) is 2. The molecule has 3 heteroatoms. The number of nitrogens with two attached hydrogens (primary N) is 1. The van der Waals surface area contributed by atoms with Gasteiger partial charge < -0.3 is 10.8 Å². The van der Waals surface area contributed by atoms with Crippen molar-refractivity contribution in [1.29, 1.82) is 0 Å². The largest absolute Gasteiger partial charge is 0.481 e. The number of carbonyl (C=O) groups is 1. The van der Waals surface area contributed by atoms with Crippen LogP contribution < -0.4 is 5.73 Å². The molecule has 3 nitrogen and oxygen atoms in total. The van der Waals surface area contributed by atoms with E-state index in [0.717, 1.165) is 6.42 Å². The molecule has 72 valence electrons. The first-order valence-electron chi connectivity index (χ1n) is 4.40. The summed E-state index contributed by atoms with van der Waals surface area (Å²) in [5, 5.41) is 8.49. The Labute approximate surface area is 74.0 Å². The number of hydrogen-bond acceptors (Lipinski definition) is 2. The third-order valence-electron chi connectivity index (χ3n) is 2.05. The van der Waals surface area contributed by atoms with Crippen LogP contribution in [0.15, 0.2) is 0 Å². The molecule has 0 aromatic carbocycles. The Morgan fingerprint density at radius 2 is 1.92 bits per heavy atom. The molecular weight excluding hydrogens is 154 g/mol. The molecule has 0 rings (SSSR count). The molecule has 0 aromatic heterocycles. The summed E-state index contributed by atoms with van der Waals surface area (Å²) in [6.45, 7) is 6.03. The van der Waals surface area contributed by atoms with Crippen LogP contribution in [-0.4, -0.2) is 17.1 Å². The van der Waals surface area contributed by atoms with Crippen LogP contribution in [0.4, 0.5) is 0 Å². The van der Waals surface area contributed by atoms with Gasteiger partial charge in [0.2, 0.25) is 0 Å². The molecular formula is C9H19NO2. The van der Waals surface area contributed by atoms with E-state index in [-0.39, 0.29) is 18.4 Å². The third kappa shape index (κ3) is 5.13. The molecule has 0 heterocycles. The molecule has 0 aliphatic heterocycles. The Hall–Kier alpha value is -0.570. The van der Waals surface area contributed by atoms with E-state index >= 15 is 0 Å². The second-order valence-corrected chi connectivity index (χ2v) is 3.85. The van der Waals surface area contributed by atoms with Crippen LogP contribution in [0.1, 0.15) is 33.6 Å². The maximum atomic E-state index is 10.3. The average molecular weight is 173 g/mol. The molecule has 3 N–H and O–H groups in total. The Morgan fingerprint density at radius 1 is 1.42 bits per heavy atom. The van der Waals surface area contributed by atoms with Crippen molar-refractivity contribution in [3.8, 4) is 0 Å². The maximum absolute atomic E-state index is 10.3. The average Bonchev–Trinajstić information content (AvgIpc) is 1.84. The van der Waals surface area contributed by atoms with Gasteiger partial charge in [-0.05, 0) is 18.3 Å². The smallest absolute Gasteiger partial charge is 0.303 e. The lowest BCUT2D eigenvalue weighted by atomic mass is 9.93. The highest BCUT2D eigenvalue weighted by molar-refractivity contribution is 5.66. The van der Waals surface area contributed by atoms with Crippen LogP contribution in [0.2, 0.25) is 0 Å². The molecule has 0 aliphatic rings. The number of aliphatic carboxylic acids is 1. The zero-order valence-corrected chi connectivity index (χ0v) is 8.08. The number of rotatable bonds is 5. The number of carboxylic acid groups (broad SMARTS) is 1. The van der Waals surface area contributed by atoms with Crippen LogP contribution in [0, 0.1) is 11.8 Å². The second-order valence-electron chi connectivity index (χ2n) is 3.85. The van der Waals surface area contributed by atoms with Gasteiger partial charge in [0.25, 0.3) is 0 Å². The van der Waals surface area contributed by atoms with E-state index in [1.54, 1.807) is 0 Å². The highest BCUT2D eigenvalue weighted by Gasteiger charge is 2.14. The predicted molar refractivity (Wildman–Crippen MR) is 48.8 cm³/mol. The van der Waals surface area contributed by atoms with Crippen molar-refractivity contribution in [2.24, 2.45) is 17.6 Å². The molecule has 12 heavy (non-hydrogen) atoms. The van der Waals surface area contributed by atoms with E-state index in [1.165, 1.54) is 0 Å². The van der Waals surface area contributed by atoms with E-state index in [2.05, 4.69) is 13.8 Å². The predicted octanol–water partition coefficient (Wildman–Crippen LogP) is 1.47. The molecule has 0 amide bonds. The molecule has 0 saturated heterocycles. The first-order valence-corrected chi connectivity index (χ1v) is 4.40. The zero-order chi connectivity index (χ0) is 9.72. The molecule has 0 unspecified atom stereocenters. The normalized spacial score (nSPS) is 16.1. The van der Waals surface area contributed by atoms with E-state index in [1.807, 2.05) is 6.92 Å². The van der Waals surface area contributed by atoms with Gasteiger partial charge in [-0.2, -0.15) is 0 Å². The fourth-order valence-corrected chi connectivity index (χ4v) is 1.12. The van der Waals surface area contributed by atoms with Crippen molar-refractivity contribution in [3.63, 3.8) is 0 Å². The standard InChI is InChI=1S/C9H19NO2/c1-6(2)8(10)4-7(3)5-9(11)12/h6-8H,4-5,10H2,1-3H3,(H,11,12)/t7-,8+/m0/s1. The van der Waals surface area contributed by atoms with Crippen molar-refractivity contribution in [1.82, 2.24) is 0 Å². The highest BCUT2D eigenvalue weighted by atomic mass is 16.4. The summed E-state index contributed by atoms with van der Waals surface area (Å²) in [7, 11) is 0. The summed E-state index contributed by atoms with van der Waals surface area (Å²) >= 11 is 0. The van der Waals surface area contributed by atoms with Crippen LogP contribution in [-0.2, 0) is 4.79 Å². The van der Waals surface area contributed by atoms with Crippen molar-refractivity contribution < 1.29 is 9.90 Å². The summed E-state index contributed by atoms with van der Waals surface area (Å²) in [6, 6.07) is 0.124. The Bertz CT molecular complexity index is 145. The second kappa shape index (κ2) is 5.14. The molecule has 0 aliphatic carbocycles. The Balaban J connectivity index is 3.68. The minimum Gasteiger partial charge on any atom is -0.481 e. The quantitative estimate of drug-likeness (QED) is 0.661. The van der Waals surface area contributed by atoms with Crippen LogP contribution in [0.25, 0.3) is 0 Å².